The second-order valence-electron chi connectivity index (χ2n) is 3.23. The lowest BCUT2D eigenvalue weighted by Gasteiger charge is -2.11. The van der Waals surface area contributed by atoms with Gasteiger partial charge in [-0.05, 0) is 30.5 Å². The van der Waals surface area contributed by atoms with E-state index in [1.165, 1.54) is 5.41 Å². The van der Waals surface area contributed by atoms with E-state index in [1.54, 1.807) is 12.1 Å². The van der Waals surface area contributed by atoms with Crippen molar-refractivity contribution >= 4 is 9.84 Å². The van der Waals surface area contributed by atoms with E-state index in [2.05, 4.69) is 0 Å². The molecule has 0 unspecified atom stereocenters. The van der Waals surface area contributed by atoms with Crippen LogP contribution in [0, 0.1) is 6.92 Å². The summed E-state index contributed by atoms with van der Waals surface area (Å²) in [5, 5.41) is 1.29. The number of hydrogen-bond donors (Lipinski definition) is 0. The molecule has 1 aromatic rings. The third-order valence-electron chi connectivity index (χ3n) is 2.14. The number of hydrogen-bond acceptors (Lipinski definition) is 2. The summed E-state index contributed by atoms with van der Waals surface area (Å²) in [6.07, 6.45) is 2.40. The van der Waals surface area contributed by atoms with Gasteiger partial charge in [-0.25, -0.2) is 8.42 Å². The van der Waals surface area contributed by atoms with E-state index in [0.717, 1.165) is 17.5 Å². The molecule has 0 bridgehead atoms. The minimum atomic E-state index is -3.15. The Labute approximate surface area is 77.8 Å². The number of aryl methyl sites for hydroxylation is 1. The van der Waals surface area contributed by atoms with Crippen molar-refractivity contribution in [2.24, 2.45) is 0 Å². The molecule has 0 atom stereocenters. The molecule has 0 fully saturated rings. The van der Waals surface area contributed by atoms with Crippen LogP contribution in [0.5, 0.6) is 0 Å². The third-order valence-corrected chi connectivity index (χ3v) is 3.69. The Bertz CT molecular complexity index is 470. The molecule has 0 aliphatic carbocycles. The zero-order valence-corrected chi connectivity index (χ0v) is 8.14. The first-order chi connectivity index (χ1) is 6.09. The van der Waals surface area contributed by atoms with Gasteiger partial charge in [0.15, 0.2) is 9.84 Å². The van der Waals surface area contributed by atoms with Gasteiger partial charge in [-0.15, -0.1) is 0 Å². The van der Waals surface area contributed by atoms with Gasteiger partial charge >= 0.3 is 0 Å². The molecule has 68 valence electrons. The number of fused-ring (bicyclic) bond motifs is 1. The normalized spacial score (nSPS) is 18.2. The molecule has 1 aliphatic rings. The molecule has 13 heavy (non-hydrogen) atoms. The zero-order chi connectivity index (χ0) is 9.47. The number of benzene rings is 1. The molecule has 0 spiro atoms. The largest absolute Gasteiger partial charge is 0.219 e. The standard InChI is InChI=1S/C10H10O2S/c1-8-4-5-9-3-2-6-13(11,12)10(9)7-8/h2,4-7H,3H2,1H3. The van der Waals surface area contributed by atoms with Crippen LogP contribution in [0.4, 0.5) is 0 Å². The molecule has 0 N–H and O–H groups in total. The molecule has 0 amide bonds. The Morgan fingerprint density at radius 1 is 1.31 bits per heavy atom. The Morgan fingerprint density at radius 3 is 2.85 bits per heavy atom. The van der Waals surface area contributed by atoms with E-state index in [-0.39, 0.29) is 0 Å². The van der Waals surface area contributed by atoms with Gasteiger partial charge < -0.3 is 0 Å². The van der Waals surface area contributed by atoms with Crippen LogP contribution in [0.15, 0.2) is 34.6 Å². The van der Waals surface area contributed by atoms with Crippen LogP contribution in [0.25, 0.3) is 0 Å². The van der Waals surface area contributed by atoms with Crippen LogP contribution >= 0.6 is 0 Å². The maximum Gasteiger partial charge on any atom is 0.199 e. The topological polar surface area (TPSA) is 34.1 Å². The highest BCUT2D eigenvalue weighted by Gasteiger charge is 2.18. The van der Waals surface area contributed by atoms with Crippen LogP contribution in [-0.4, -0.2) is 8.42 Å². The van der Waals surface area contributed by atoms with Gasteiger partial charge in [0.05, 0.1) is 4.90 Å². The maximum absolute atomic E-state index is 11.5. The molecule has 1 aromatic carbocycles. The fourth-order valence-corrected chi connectivity index (χ4v) is 2.83. The molecule has 0 saturated carbocycles. The SMILES string of the molecule is Cc1ccc2c(c1)S(=O)(=O)C=CC2. The minimum absolute atomic E-state index is 0.468. The molecule has 2 nitrogen and oxygen atoms in total. The van der Waals surface area contributed by atoms with Crippen molar-refractivity contribution < 1.29 is 8.42 Å². The predicted octanol–water partition coefficient (Wildman–Crippen LogP) is 1.84. The van der Waals surface area contributed by atoms with Gasteiger partial charge in [0.1, 0.15) is 0 Å². The summed E-state index contributed by atoms with van der Waals surface area (Å²) in [5.41, 5.74) is 1.88. The third kappa shape index (κ3) is 1.40. The number of allylic oxidation sites excluding steroid dienone is 1. The average molecular weight is 194 g/mol. The molecule has 3 heteroatoms. The highest BCUT2D eigenvalue weighted by molar-refractivity contribution is 7.94. The molecule has 0 aromatic heterocycles. The van der Waals surface area contributed by atoms with Crippen molar-refractivity contribution in [3.63, 3.8) is 0 Å². The van der Waals surface area contributed by atoms with E-state index in [0.29, 0.717) is 4.90 Å². The number of sulfone groups is 1. The maximum atomic E-state index is 11.5. The van der Waals surface area contributed by atoms with Gasteiger partial charge in [0.25, 0.3) is 0 Å². The van der Waals surface area contributed by atoms with E-state index in [1.807, 2.05) is 19.1 Å². The minimum Gasteiger partial charge on any atom is -0.219 e. The van der Waals surface area contributed by atoms with Gasteiger partial charge in [-0.3, -0.25) is 0 Å². The quantitative estimate of drug-likeness (QED) is 0.631. The Hall–Kier alpha value is -1.09. The van der Waals surface area contributed by atoms with Crippen molar-refractivity contribution in [2.45, 2.75) is 18.2 Å². The van der Waals surface area contributed by atoms with Crippen molar-refractivity contribution in [2.75, 3.05) is 0 Å². The molecular weight excluding hydrogens is 184 g/mol. The second-order valence-corrected chi connectivity index (χ2v) is 5.03. The molecular formula is C10H10O2S. The Balaban J connectivity index is 2.74. The highest BCUT2D eigenvalue weighted by Crippen LogP contribution is 2.24. The first-order valence-corrected chi connectivity index (χ1v) is 5.65. The Morgan fingerprint density at radius 2 is 2.08 bits per heavy atom. The molecule has 1 aliphatic heterocycles. The number of rotatable bonds is 0. The average Bonchev–Trinajstić information content (AvgIpc) is 2.06. The zero-order valence-electron chi connectivity index (χ0n) is 7.32. The fourth-order valence-electron chi connectivity index (χ4n) is 1.47. The smallest absolute Gasteiger partial charge is 0.199 e. The van der Waals surface area contributed by atoms with Crippen molar-refractivity contribution in [3.05, 3.63) is 40.8 Å². The predicted molar refractivity (Wildman–Crippen MR) is 51.2 cm³/mol. The highest BCUT2D eigenvalue weighted by atomic mass is 32.2. The summed E-state index contributed by atoms with van der Waals surface area (Å²) in [6, 6.07) is 5.55. The first-order valence-electron chi connectivity index (χ1n) is 4.11. The molecule has 2 rings (SSSR count). The lowest BCUT2D eigenvalue weighted by molar-refractivity contribution is 0.602. The monoisotopic (exact) mass is 194 g/mol. The van der Waals surface area contributed by atoms with Crippen LogP contribution in [0.3, 0.4) is 0 Å². The Kier molecular flexibility index (Phi) is 1.77. The summed E-state index contributed by atoms with van der Waals surface area (Å²) in [6.45, 7) is 1.90. The van der Waals surface area contributed by atoms with Crippen molar-refractivity contribution in [3.8, 4) is 0 Å². The van der Waals surface area contributed by atoms with E-state index in [9.17, 15) is 8.42 Å². The molecule has 0 saturated heterocycles. The summed E-state index contributed by atoms with van der Waals surface area (Å²) >= 11 is 0. The molecule has 1 heterocycles. The summed E-state index contributed by atoms with van der Waals surface area (Å²) in [5.74, 6) is 0. The van der Waals surface area contributed by atoms with Crippen LogP contribution in [-0.2, 0) is 16.3 Å². The van der Waals surface area contributed by atoms with Crippen LogP contribution in [0.2, 0.25) is 0 Å². The van der Waals surface area contributed by atoms with Crippen LogP contribution in [0.1, 0.15) is 11.1 Å². The van der Waals surface area contributed by atoms with Gasteiger partial charge in [0.2, 0.25) is 0 Å². The lowest BCUT2D eigenvalue weighted by Crippen LogP contribution is -2.05. The van der Waals surface area contributed by atoms with Gasteiger partial charge in [0, 0.05) is 5.41 Å². The first kappa shape index (κ1) is 8.51. The summed E-state index contributed by atoms with van der Waals surface area (Å²) < 4.78 is 23.1. The van der Waals surface area contributed by atoms with Crippen molar-refractivity contribution in [1.29, 1.82) is 0 Å². The summed E-state index contributed by atoms with van der Waals surface area (Å²) in [4.78, 5) is 0.468. The lowest BCUT2D eigenvalue weighted by atomic mass is 10.1. The van der Waals surface area contributed by atoms with Gasteiger partial charge in [-0.2, -0.15) is 0 Å². The second kappa shape index (κ2) is 2.70. The van der Waals surface area contributed by atoms with Crippen LogP contribution < -0.4 is 0 Å². The molecule has 0 radical (unpaired) electrons. The summed E-state index contributed by atoms with van der Waals surface area (Å²) in [7, 11) is -3.15. The van der Waals surface area contributed by atoms with E-state index < -0.39 is 9.84 Å². The van der Waals surface area contributed by atoms with E-state index >= 15 is 0 Å². The van der Waals surface area contributed by atoms with E-state index in [4.69, 9.17) is 0 Å². The van der Waals surface area contributed by atoms with Crippen molar-refractivity contribution in [1.82, 2.24) is 0 Å². The fraction of sp³-hybridized carbons (Fsp3) is 0.200. The van der Waals surface area contributed by atoms with Gasteiger partial charge in [-0.1, -0.05) is 18.2 Å².